The minimum Gasteiger partial charge on any atom is -0.377 e. The maximum absolute atomic E-state index is 9.94. The predicted octanol–water partition coefficient (Wildman–Crippen LogP) is 2.37. The van der Waals surface area contributed by atoms with Crippen molar-refractivity contribution in [2.24, 2.45) is 11.8 Å². The molecular formula is C18H30N2O. The molecule has 21 heavy (non-hydrogen) atoms. The Balaban J connectivity index is 2.30. The highest BCUT2D eigenvalue weighted by Crippen LogP contribution is 2.27. The van der Waals surface area contributed by atoms with Crippen LogP contribution in [-0.4, -0.2) is 48.8 Å². The van der Waals surface area contributed by atoms with Gasteiger partial charge in [0.1, 0.15) is 6.23 Å². The first-order valence-electron chi connectivity index (χ1n) is 8.08. The van der Waals surface area contributed by atoms with Crippen LogP contribution in [0.25, 0.3) is 0 Å². The second-order valence-electron chi connectivity index (χ2n) is 6.19. The van der Waals surface area contributed by atoms with Gasteiger partial charge in [0.15, 0.2) is 0 Å². The smallest absolute Gasteiger partial charge is 0.118 e. The van der Waals surface area contributed by atoms with Gasteiger partial charge in [0, 0.05) is 44.9 Å². The van der Waals surface area contributed by atoms with Crippen LogP contribution in [-0.2, 0) is 0 Å². The lowest BCUT2D eigenvalue weighted by atomic mass is 9.83. The van der Waals surface area contributed by atoms with Gasteiger partial charge in [-0.15, -0.1) is 0 Å². The molecule has 1 fully saturated rings. The first-order chi connectivity index (χ1) is 10.0. The SMILES string of the molecule is CCCN(C)C(O)CC#CC1CCC(C#CN(C)C)CC1. The van der Waals surface area contributed by atoms with Crippen molar-refractivity contribution in [1.82, 2.24) is 9.80 Å². The summed E-state index contributed by atoms with van der Waals surface area (Å²) < 4.78 is 0. The van der Waals surface area contributed by atoms with E-state index in [-0.39, 0.29) is 0 Å². The molecular weight excluding hydrogens is 260 g/mol. The van der Waals surface area contributed by atoms with Crippen molar-refractivity contribution >= 4 is 0 Å². The third-order valence-electron chi connectivity index (χ3n) is 3.90. The highest BCUT2D eigenvalue weighted by atomic mass is 16.3. The van der Waals surface area contributed by atoms with Crippen LogP contribution in [0.2, 0.25) is 0 Å². The van der Waals surface area contributed by atoms with Gasteiger partial charge in [-0.2, -0.15) is 0 Å². The summed E-state index contributed by atoms with van der Waals surface area (Å²) in [5, 5.41) is 9.94. The van der Waals surface area contributed by atoms with Gasteiger partial charge in [-0.05, 0) is 39.2 Å². The van der Waals surface area contributed by atoms with Crippen LogP contribution in [0.1, 0.15) is 45.4 Å². The molecule has 0 aromatic heterocycles. The van der Waals surface area contributed by atoms with Crippen molar-refractivity contribution in [3.8, 4) is 23.8 Å². The standard InChI is InChI=1S/C18H30N2O/c1-5-14-20(4)18(21)8-6-7-16-9-11-17(12-10-16)13-15-19(2)3/h16-18,21H,5,8-12,14H2,1-4H3. The van der Waals surface area contributed by atoms with Crippen molar-refractivity contribution in [3.63, 3.8) is 0 Å². The molecule has 1 rings (SSSR count). The van der Waals surface area contributed by atoms with Gasteiger partial charge >= 0.3 is 0 Å². The molecule has 3 nitrogen and oxygen atoms in total. The Labute approximate surface area is 130 Å². The molecule has 1 aliphatic rings. The first kappa shape index (κ1) is 17.9. The Hall–Kier alpha value is -1.16. The van der Waals surface area contributed by atoms with Crippen LogP contribution in [0.3, 0.4) is 0 Å². The minimum atomic E-state index is -0.431. The summed E-state index contributed by atoms with van der Waals surface area (Å²) >= 11 is 0. The van der Waals surface area contributed by atoms with Crippen molar-refractivity contribution < 1.29 is 5.11 Å². The fraction of sp³-hybridized carbons (Fsp3) is 0.778. The van der Waals surface area contributed by atoms with Crippen LogP contribution in [0.4, 0.5) is 0 Å². The third-order valence-corrected chi connectivity index (χ3v) is 3.90. The van der Waals surface area contributed by atoms with E-state index in [0.29, 0.717) is 18.3 Å². The van der Waals surface area contributed by atoms with Crippen LogP contribution in [0.5, 0.6) is 0 Å². The lowest BCUT2D eigenvalue weighted by Gasteiger charge is -2.22. The highest BCUT2D eigenvalue weighted by molar-refractivity contribution is 5.09. The maximum atomic E-state index is 9.94. The Morgan fingerprint density at radius 2 is 1.62 bits per heavy atom. The molecule has 0 amide bonds. The lowest BCUT2D eigenvalue weighted by Crippen LogP contribution is -2.31. The molecule has 1 saturated carbocycles. The number of aliphatic hydroxyl groups is 1. The largest absolute Gasteiger partial charge is 0.377 e. The number of nitrogens with zero attached hydrogens (tertiary/aromatic N) is 2. The van der Waals surface area contributed by atoms with E-state index in [9.17, 15) is 5.11 Å². The Bertz CT molecular complexity index is 402. The number of hydrogen-bond donors (Lipinski definition) is 1. The first-order valence-corrected chi connectivity index (χ1v) is 8.08. The molecule has 0 bridgehead atoms. The summed E-state index contributed by atoms with van der Waals surface area (Å²) in [6.07, 6.45) is 5.76. The van der Waals surface area contributed by atoms with E-state index in [4.69, 9.17) is 0 Å². The van der Waals surface area contributed by atoms with Crippen LogP contribution in [0, 0.1) is 35.6 Å². The molecule has 3 heteroatoms. The topological polar surface area (TPSA) is 26.7 Å². The quantitative estimate of drug-likeness (QED) is 0.489. The second kappa shape index (κ2) is 9.72. The summed E-state index contributed by atoms with van der Waals surface area (Å²) in [4.78, 5) is 3.88. The van der Waals surface area contributed by atoms with E-state index < -0.39 is 6.23 Å². The fourth-order valence-corrected chi connectivity index (χ4v) is 2.55. The van der Waals surface area contributed by atoms with E-state index in [1.807, 2.05) is 30.9 Å². The molecule has 118 valence electrons. The van der Waals surface area contributed by atoms with Crippen LogP contribution < -0.4 is 0 Å². The number of rotatable bonds is 4. The molecule has 0 radical (unpaired) electrons. The molecule has 0 aromatic rings. The highest BCUT2D eigenvalue weighted by Gasteiger charge is 2.18. The van der Waals surface area contributed by atoms with E-state index in [2.05, 4.69) is 30.7 Å². The van der Waals surface area contributed by atoms with E-state index in [0.717, 1.165) is 38.6 Å². The van der Waals surface area contributed by atoms with Gasteiger partial charge in [0.2, 0.25) is 0 Å². The summed E-state index contributed by atoms with van der Waals surface area (Å²) in [6, 6.07) is 3.12. The van der Waals surface area contributed by atoms with E-state index >= 15 is 0 Å². The molecule has 0 spiro atoms. The molecule has 1 aliphatic carbocycles. The summed E-state index contributed by atoms with van der Waals surface area (Å²) in [5.74, 6) is 10.9. The lowest BCUT2D eigenvalue weighted by molar-refractivity contribution is 0.0270. The molecule has 0 saturated heterocycles. The average molecular weight is 290 g/mol. The van der Waals surface area contributed by atoms with Gasteiger partial charge in [0.25, 0.3) is 0 Å². The van der Waals surface area contributed by atoms with Gasteiger partial charge in [0.05, 0.1) is 0 Å². The zero-order valence-electron chi connectivity index (χ0n) is 14.0. The molecule has 1 N–H and O–H groups in total. The maximum Gasteiger partial charge on any atom is 0.118 e. The monoisotopic (exact) mass is 290 g/mol. The van der Waals surface area contributed by atoms with E-state index in [1.165, 1.54) is 0 Å². The van der Waals surface area contributed by atoms with Crippen molar-refractivity contribution in [3.05, 3.63) is 0 Å². The average Bonchev–Trinajstić information content (AvgIpc) is 2.46. The molecule has 1 atom stereocenters. The summed E-state index contributed by atoms with van der Waals surface area (Å²) in [5.41, 5.74) is 0. The normalized spacial score (nSPS) is 22.8. The van der Waals surface area contributed by atoms with Crippen molar-refractivity contribution in [2.75, 3.05) is 27.7 Å². The number of aliphatic hydroxyl groups excluding tert-OH is 1. The Morgan fingerprint density at radius 3 is 2.14 bits per heavy atom. The van der Waals surface area contributed by atoms with Crippen LogP contribution >= 0.6 is 0 Å². The van der Waals surface area contributed by atoms with Crippen molar-refractivity contribution in [1.29, 1.82) is 0 Å². The summed E-state index contributed by atoms with van der Waals surface area (Å²) in [7, 11) is 5.90. The summed E-state index contributed by atoms with van der Waals surface area (Å²) in [6.45, 7) is 3.03. The molecule has 0 aromatic carbocycles. The molecule has 0 aliphatic heterocycles. The second-order valence-corrected chi connectivity index (χ2v) is 6.19. The van der Waals surface area contributed by atoms with Gasteiger partial charge in [-0.25, -0.2) is 0 Å². The predicted molar refractivity (Wildman–Crippen MR) is 88.2 cm³/mol. The third kappa shape index (κ3) is 7.42. The minimum absolute atomic E-state index is 0.431. The Morgan fingerprint density at radius 1 is 1.05 bits per heavy atom. The van der Waals surface area contributed by atoms with Gasteiger partial charge in [-0.3, -0.25) is 4.90 Å². The molecule has 0 heterocycles. The van der Waals surface area contributed by atoms with E-state index in [1.54, 1.807) is 0 Å². The fourth-order valence-electron chi connectivity index (χ4n) is 2.55. The Kier molecular flexibility index (Phi) is 8.28. The van der Waals surface area contributed by atoms with Gasteiger partial charge < -0.3 is 10.0 Å². The zero-order chi connectivity index (χ0) is 15.7. The zero-order valence-corrected chi connectivity index (χ0v) is 14.0. The van der Waals surface area contributed by atoms with Gasteiger partial charge in [-0.1, -0.05) is 24.7 Å². The van der Waals surface area contributed by atoms with Crippen molar-refractivity contribution in [2.45, 2.75) is 51.7 Å². The van der Waals surface area contributed by atoms with Crippen LogP contribution in [0.15, 0.2) is 0 Å². The number of hydrogen-bond acceptors (Lipinski definition) is 3. The molecule has 1 unspecified atom stereocenters.